The fraction of sp³-hybridized carbons (Fsp3) is 0.129. The molecule has 1 heterocycles. The maximum atomic E-state index is 13.0. The molecule has 6 nitrogen and oxygen atoms in total. The molecule has 0 aliphatic heterocycles. The van der Waals surface area contributed by atoms with Crippen LogP contribution in [-0.2, 0) is 17.6 Å². The number of nitrogens with zero attached hydrogens (tertiary/aromatic N) is 2. The van der Waals surface area contributed by atoms with Crippen LogP contribution in [0.15, 0.2) is 97.3 Å². The van der Waals surface area contributed by atoms with Crippen LogP contribution in [0.1, 0.15) is 28.2 Å². The summed E-state index contributed by atoms with van der Waals surface area (Å²) in [6, 6.07) is 24.2. The minimum Gasteiger partial charge on any atom is -0.493 e. The van der Waals surface area contributed by atoms with Crippen molar-refractivity contribution in [2.45, 2.75) is 18.7 Å². The number of hydrogen-bond acceptors (Lipinski definition) is 5. The van der Waals surface area contributed by atoms with Gasteiger partial charge in [0, 0.05) is 17.0 Å². The third-order valence-corrected chi connectivity index (χ3v) is 6.49. The summed E-state index contributed by atoms with van der Waals surface area (Å²) in [6.07, 6.45) is -3.07. The van der Waals surface area contributed by atoms with Gasteiger partial charge in [0.05, 0.1) is 23.9 Å². The molecule has 0 radical (unpaired) electrons. The number of benzene rings is 4. The Balaban J connectivity index is 1.45. The zero-order valence-electron chi connectivity index (χ0n) is 21.2. The highest BCUT2D eigenvalue weighted by Gasteiger charge is 2.31. The SMILES string of the molecule is COc1cc2c(-c3ccc(C(C(=O)O)c4ccc(C(F)(F)F)cc4)cc3)ncnc2cc1OCc1ccccc1. The van der Waals surface area contributed by atoms with E-state index in [0.717, 1.165) is 17.7 Å². The van der Waals surface area contributed by atoms with E-state index in [-0.39, 0.29) is 5.56 Å². The number of carboxylic acid groups (broad SMARTS) is 1. The first-order valence-corrected chi connectivity index (χ1v) is 12.2. The van der Waals surface area contributed by atoms with Gasteiger partial charge in [-0.25, -0.2) is 9.97 Å². The van der Waals surface area contributed by atoms with E-state index in [1.165, 1.54) is 18.5 Å². The van der Waals surface area contributed by atoms with Crippen LogP contribution in [0.5, 0.6) is 11.5 Å². The average molecular weight is 545 g/mol. The summed E-state index contributed by atoms with van der Waals surface area (Å²) in [5, 5.41) is 10.6. The second-order valence-corrected chi connectivity index (χ2v) is 9.03. The molecular formula is C31H23F3N2O4. The third kappa shape index (κ3) is 5.58. The Morgan fingerprint density at radius 1 is 0.875 bits per heavy atom. The van der Waals surface area contributed by atoms with Crippen LogP contribution in [0.2, 0.25) is 0 Å². The average Bonchev–Trinajstić information content (AvgIpc) is 2.96. The molecule has 1 unspecified atom stereocenters. The monoisotopic (exact) mass is 544 g/mol. The first-order valence-electron chi connectivity index (χ1n) is 12.2. The molecule has 0 bridgehead atoms. The summed E-state index contributed by atoms with van der Waals surface area (Å²) >= 11 is 0. The van der Waals surface area contributed by atoms with Gasteiger partial charge in [-0.1, -0.05) is 66.7 Å². The molecule has 1 N–H and O–H groups in total. The highest BCUT2D eigenvalue weighted by Crippen LogP contribution is 2.37. The molecule has 1 aromatic heterocycles. The maximum Gasteiger partial charge on any atom is 0.416 e. The van der Waals surface area contributed by atoms with Crippen molar-refractivity contribution in [1.29, 1.82) is 0 Å². The van der Waals surface area contributed by atoms with Gasteiger partial charge in [0.1, 0.15) is 18.9 Å². The first-order chi connectivity index (χ1) is 19.2. The summed E-state index contributed by atoms with van der Waals surface area (Å²) in [6.45, 7) is 0.353. The molecule has 0 aliphatic rings. The molecule has 0 spiro atoms. The van der Waals surface area contributed by atoms with Crippen molar-refractivity contribution in [1.82, 2.24) is 9.97 Å². The smallest absolute Gasteiger partial charge is 0.416 e. The number of halogens is 3. The molecule has 9 heteroatoms. The van der Waals surface area contributed by atoms with E-state index >= 15 is 0 Å². The Kier molecular flexibility index (Phi) is 7.37. The van der Waals surface area contributed by atoms with Crippen molar-refractivity contribution >= 4 is 16.9 Å². The number of hydrogen-bond donors (Lipinski definition) is 1. The predicted molar refractivity (Wildman–Crippen MR) is 143 cm³/mol. The Labute approximate surface area is 227 Å². The van der Waals surface area contributed by atoms with Gasteiger partial charge in [0.25, 0.3) is 0 Å². The van der Waals surface area contributed by atoms with Gasteiger partial charge in [0.15, 0.2) is 11.5 Å². The summed E-state index contributed by atoms with van der Waals surface area (Å²) < 4.78 is 50.4. The molecule has 40 heavy (non-hydrogen) atoms. The highest BCUT2D eigenvalue weighted by molar-refractivity contribution is 5.94. The van der Waals surface area contributed by atoms with Crippen LogP contribution in [0.4, 0.5) is 13.2 Å². The fourth-order valence-corrected chi connectivity index (χ4v) is 4.48. The van der Waals surface area contributed by atoms with Crippen LogP contribution >= 0.6 is 0 Å². The molecule has 202 valence electrons. The molecule has 5 rings (SSSR count). The van der Waals surface area contributed by atoms with Crippen LogP contribution in [0.25, 0.3) is 22.2 Å². The van der Waals surface area contributed by atoms with Gasteiger partial charge >= 0.3 is 12.1 Å². The number of rotatable bonds is 8. The second kappa shape index (κ2) is 11.1. The van der Waals surface area contributed by atoms with E-state index in [1.54, 1.807) is 43.5 Å². The zero-order chi connectivity index (χ0) is 28.3. The van der Waals surface area contributed by atoms with E-state index in [1.807, 2.05) is 30.3 Å². The lowest BCUT2D eigenvalue weighted by atomic mass is 9.90. The lowest BCUT2D eigenvalue weighted by Gasteiger charge is -2.16. The maximum absolute atomic E-state index is 13.0. The van der Waals surface area contributed by atoms with Crippen molar-refractivity contribution in [3.63, 3.8) is 0 Å². The number of carboxylic acids is 1. The zero-order valence-corrected chi connectivity index (χ0v) is 21.2. The standard InChI is InChI=1S/C31H23F3N2O4/c1-39-26-15-24-25(16-27(26)40-17-19-5-3-2-4-6-19)35-18-36-29(24)22-9-7-20(8-10-22)28(30(37)38)21-11-13-23(14-12-21)31(32,33)34/h2-16,18,28H,17H2,1H3,(H,37,38). The van der Waals surface area contributed by atoms with Crippen LogP contribution in [-0.4, -0.2) is 28.2 Å². The number of carbonyl (C=O) groups is 1. The number of aromatic nitrogens is 2. The summed E-state index contributed by atoms with van der Waals surface area (Å²) in [5.41, 5.74) is 2.77. The van der Waals surface area contributed by atoms with Crippen LogP contribution < -0.4 is 9.47 Å². The quantitative estimate of drug-likeness (QED) is 0.224. The molecule has 0 saturated heterocycles. The second-order valence-electron chi connectivity index (χ2n) is 9.03. The van der Waals surface area contributed by atoms with Crippen molar-refractivity contribution in [2.75, 3.05) is 7.11 Å². The molecule has 0 aliphatic carbocycles. The van der Waals surface area contributed by atoms with Crippen molar-refractivity contribution < 1.29 is 32.5 Å². The van der Waals surface area contributed by atoms with Crippen LogP contribution in [0.3, 0.4) is 0 Å². The lowest BCUT2D eigenvalue weighted by molar-refractivity contribution is -0.138. The Morgan fingerprint density at radius 3 is 2.12 bits per heavy atom. The molecular weight excluding hydrogens is 521 g/mol. The van der Waals surface area contributed by atoms with Crippen molar-refractivity contribution in [3.05, 3.63) is 120 Å². The Bertz CT molecular complexity index is 1640. The molecule has 5 aromatic rings. The molecule has 0 saturated carbocycles. The van der Waals surface area contributed by atoms with Gasteiger partial charge in [-0.3, -0.25) is 4.79 Å². The van der Waals surface area contributed by atoms with E-state index < -0.39 is 23.6 Å². The Morgan fingerprint density at radius 2 is 1.52 bits per heavy atom. The first kappa shape index (κ1) is 26.7. The molecule has 0 amide bonds. The number of ether oxygens (including phenoxy) is 2. The minimum absolute atomic E-state index is 0.244. The van der Waals surface area contributed by atoms with Gasteiger partial charge in [-0.15, -0.1) is 0 Å². The van der Waals surface area contributed by atoms with Gasteiger partial charge in [-0.2, -0.15) is 13.2 Å². The normalized spacial score (nSPS) is 12.2. The van der Waals surface area contributed by atoms with E-state index in [9.17, 15) is 23.1 Å². The van der Waals surface area contributed by atoms with E-state index in [2.05, 4.69) is 9.97 Å². The van der Waals surface area contributed by atoms with Crippen molar-refractivity contribution in [2.24, 2.45) is 0 Å². The lowest BCUT2D eigenvalue weighted by Crippen LogP contribution is -2.14. The molecule has 0 fully saturated rings. The largest absolute Gasteiger partial charge is 0.493 e. The number of methoxy groups -OCH3 is 1. The third-order valence-electron chi connectivity index (χ3n) is 6.49. The fourth-order valence-electron chi connectivity index (χ4n) is 4.48. The summed E-state index contributed by atoms with van der Waals surface area (Å²) in [5.74, 6) is -1.28. The number of fused-ring (bicyclic) bond motifs is 1. The summed E-state index contributed by atoms with van der Waals surface area (Å²) in [4.78, 5) is 20.9. The summed E-state index contributed by atoms with van der Waals surface area (Å²) in [7, 11) is 1.54. The topological polar surface area (TPSA) is 81.5 Å². The van der Waals surface area contributed by atoms with Gasteiger partial charge < -0.3 is 14.6 Å². The van der Waals surface area contributed by atoms with E-state index in [4.69, 9.17) is 9.47 Å². The van der Waals surface area contributed by atoms with E-state index in [0.29, 0.717) is 45.8 Å². The highest BCUT2D eigenvalue weighted by atomic mass is 19.4. The van der Waals surface area contributed by atoms with Gasteiger partial charge in [-0.05, 0) is 34.9 Å². The molecule has 4 aromatic carbocycles. The minimum atomic E-state index is -4.50. The Hall–Kier alpha value is -4.92. The number of alkyl halides is 3. The van der Waals surface area contributed by atoms with Gasteiger partial charge in [0.2, 0.25) is 0 Å². The molecule has 1 atom stereocenters. The predicted octanol–water partition coefficient (Wildman–Crippen LogP) is 7.12. The van der Waals surface area contributed by atoms with Crippen LogP contribution in [0, 0.1) is 0 Å². The number of aliphatic carboxylic acids is 1. The van der Waals surface area contributed by atoms with Crippen molar-refractivity contribution in [3.8, 4) is 22.8 Å².